The zero-order valence-corrected chi connectivity index (χ0v) is 8.84. The summed E-state index contributed by atoms with van der Waals surface area (Å²) in [5.74, 6) is 0.325. The topological polar surface area (TPSA) is 32.3 Å². The molecular weight excluding hydrogens is 230 g/mol. The Kier molecular flexibility index (Phi) is 2.56. The van der Waals surface area contributed by atoms with Crippen LogP contribution >= 0.6 is 15.9 Å². The fraction of sp³-hybridized carbons (Fsp3) is 0.400. The smallest absolute Gasteiger partial charge is 0.130 e. The van der Waals surface area contributed by atoms with E-state index < -0.39 is 0 Å². The minimum Gasteiger partial charge on any atom is -0.507 e. The Hall–Kier alpha value is -0.540. The van der Waals surface area contributed by atoms with Gasteiger partial charge >= 0.3 is 0 Å². The largest absolute Gasteiger partial charge is 0.507 e. The van der Waals surface area contributed by atoms with Gasteiger partial charge in [-0.25, -0.2) is 0 Å². The van der Waals surface area contributed by atoms with Crippen LogP contribution in [0.5, 0.6) is 5.75 Å². The van der Waals surface area contributed by atoms with E-state index in [9.17, 15) is 5.11 Å². The average Bonchev–Trinajstić information content (AvgIpc) is 2.62. The first-order chi connectivity index (χ1) is 6.27. The van der Waals surface area contributed by atoms with Gasteiger partial charge < -0.3 is 10.4 Å². The van der Waals surface area contributed by atoms with Gasteiger partial charge in [0.1, 0.15) is 5.75 Å². The summed E-state index contributed by atoms with van der Waals surface area (Å²) < 4.78 is 0.759. The van der Waals surface area contributed by atoms with Gasteiger partial charge in [0.15, 0.2) is 0 Å². The lowest BCUT2D eigenvalue weighted by atomic mass is 10.1. The van der Waals surface area contributed by atoms with Crippen molar-refractivity contribution in [1.29, 1.82) is 0 Å². The Morgan fingerprint density at radius 1 is 1.46 bits per heavy atom. The highest BCUT2D eigenvalue weighted by molar-refractivity contribution is 9.10. The minimum atomic E-state index is 0.325. The summed E-state index contributed by atoms with van der Waals surface area (Å²) in [6, 6.07) is 6.20. The fourth-order valence-corrected chi connectivity index (χ4v) is 1.96. The van der Waals surface area contributed by atoms with Crippen molar-refractivity contribution in [3.8, 4) is 5.75 Å². The van der Waals surface area contributed by atoms with Gasteiger partial charge in [0.05, 0.1) is 4.47 Å². The van der Waals surface area contributed by atoms with Gasteiger partial charge in [-0.05, 0) is 53.0 Å². The van der Waals surface area contributed by atoms with Crippen molar-refractivity contribution in [1.82, 2.24) is 5.32 Å². The van der Waals surface area contributed by atoms with Crippen LogP contribution in [0, 0.1) is 0 Å². The molecule has 1 heterocycles. The molecule has 0 saturated carbocycles. The number of phenolic OH excluding ortho intramolecular Hbond substituents is 1. The van der Waals surface area contributed by atoms with Crippen LogP contribution in [0.1, 0.15) is 24.4 Å². The van der Waals surface area contributed by atoms with Crippen molar-refractivity contribution in [2.45, 2.75) is 18.9 Å². The molecule has 0 aliphatic carbocycles. The third kappa shape index (κ3) is 1.86. The molecule has 1 aliphatic heterocycles. The fourth-order valence-electron chi connectivity index (χ4n) is 1.72. The maximum absolute atomic E-state index is 9.49. The molecule has 1 atom stereocenters. The molecule has 1 saturated heterocycles. The van der Waals surface area contributed by atoms with Gasteiger partial charge in [-0.1, -0.05) is 6.07 Å². The minimum absolute atomic E-state index is 0.325. The number of phenols is 1. The SMILES string of the molecule is Oc1cc([C@@H]2CCCN2)ccc1Br. The van der Waals surface area contributed by atoms with Gasteiger partial charge in [-0.3, -0.25) is 0 Å². The molecule has 2 nitrogen and oxygen atoms in total. The van der Waals surface area contributed by atoms with Crippen molar-refractivity contribution in [2.24, 2.45) is 0 Å². The zero-order chi connectivity index (χ0) is 9.26. The van der Waals surface area contributed by atoms with Crippen LogP contribution in [0.25, 0.3) is 0 Å². The number of rotatable bonds is 1. The molecule has 0 bridgehead atoms. The monoisotopic (exact) mass is 241 g/mol. The summed E-state index contributed by atoms with van der Waals surface area (Å²) in [5, 5.41) is 12.9. The summed E-state index contributed by atoms with van der Waals surface area (Å²) in [6.45, 7) is 1.08. The lowest BCUT2D eigenvalue weighted by Crippen LogP contribution is -2.12. The van der Waals surface area contributed by atoms with Crippen LogP contribution in [0.2, 0.25) is 0 Å². The molecule has 1 fully saturated rings. The molecule has 0 amide bonds. The maximum Gasteiger partial charge on any atom is 0.130 e. The summed E-state index contributed by atoms with van der Waals surface area (Å²) >= 11 is 3.27. The van der Waals surface area contributed by atoms with Crippen LogP contribution in [0.3, 0.4) is 0 Å². The Balaban J connectivity index is 2.25. The highest BCUT2D eigenvalue weighted by atomic mass is 79.9. The van der Waals surface area contributed by atoms with Gasteiger partial charge in [0.25, 0.3) is 0 Å². The molecule has 0 aromatic heterocycles. The number of hydrogen-bond donors (Lipinski definition) is 2. The third-order valence-corrected chi connectivity index (χ3v) is 3.10. The molecule has 70 valence electrons. The van der Waals surface area contributed by atoms with E-state index in [2.05, 4.69) is 21.2 Å². The highest BCUT2D eigenvalue weighted by Gasteiger charge is 2.16. The Morgan fingerprint density at radius 3 is 2.92 bits per heavy atom. The molecule has 3 heteroatoms. The summed E-state index contributed by atoms with van der Waals surface area (Å²) in [7, 11) is 0. The summed E-state index contributed by atoms with van der Waals surface area (Å²) in [5.41, 5.74) is 1.18. The van der Waals surface area contributed by atoms with Crippen LogP contribution in [0.4, 0.5) is 0 Å². The van der Waals surface area contributed by atoms with E-state index in [0.29, 0.717) is 11.8 Å². The van der Waals surface area contributed by atoms with Gasteiger partial charge in [0.2, 0.25) is 0 Å². The van der Waals surface area contributed by atoms with Crippen molar-refractivity contribution in [3.63, 3.8) is 0 Å². The second-order valence-corrected chi connectivity index (χ2v) is 4.21. The molecular formula is C10H12BrNO. The molecule has 0 unspecified atom stereocenters. The summed E-state index contributed by atoms with van der Waals surface area (Å²) in [6.07, 6.45) is 2.39. The van der Waals surface area contributed by atoms with E-state index >= 15 is 0 Å². The van der Waals surface area contributed by atoms with Crippen molar-refractivity contribution >= 4 is 15.9 Å². The lowest BCUT2D eigenvalue weighted by Gasteiger charge is -2.10. The van der Waals surface area contributed by atoms with Gasteiger partial charge in [0, 0.05) is 6.04 Å². The van der Waals surface area contributed by atoms with Crippen LogP contribution in [0.15, 0.2) is 22.7 Å². The second kappa shape index (κ2) is 3.68. The molecule has 1 aromatic carbocycles. The second-order valence-electron chi connectivity index (χ2n) is 3.36. The van der Waals surface area contributed by atoms with E-state index in [-0.39, 0.29) is 0 Å². The normalized spacial score (nSPS) is 22.1. The van der Waals surface area contributed by atoms with Crippen LogP contribution < -0.4 is 5.32 Å². The zero-order valence-electron chi connectivity index (χ0n) is 7.26. The first-order valence-electron chi connectivity index (χ1n) is 4.49. The first kappa shape index (κ1) is 9.03. The first-order valence-corrected chi connectivity index (χ1v) is 5.28. The standard InChI is InChI=1S/C10H12BrNO/c11-8-4-3-7(6-10(8)13)9-2-1-5-12-9/h3-4,6,9,12-13H,1-2,5H2/t9-/m0/s1. The van der Waals surface area contributed by atoms with Crippen molar-refractivity contribution in [2.75, 3.05) is 6.54 Å². The predicted molar refractivity (Wildman–Crippen MR) is 55.8 cm³/mol. The molecule has 1 aromatic rings. The number of hydrogen-bond acceptors (Lipinski definition) is 2. The van der Waals surface area contributed by atoms with E-state index in [0.717, 1.165) is 11.0 Å². The van der Waals surface area contributed by atoms with E-state index in [4.69, 9.17) is 0 Å². The van der Waals surface area contributed by atoms with Gasteiger partial charge in [-0.15, -0.1) is 0 Å². The van der Waals surface area contributed by atoms with Gasteiger partial charge in [-0.2, -0.15) is 0 Å². The lowest BCUT2D eigenvalue weighted by molar-refractivity contribution is 0.469. The maximum atomic E-state index is 9.49. The Morgan fingerprint density at radius 2 is 2.31 bits per heavy atom. The molecule has 2 N–H and O–H groups in total. The number of halogens is 1. The van der Waals surface area contributed by atoms with E-state index in [1.165, 1.54) is 18.4 Å². The average molecular weight is 242 g/mol. The number of nitrogens with one attached hydrogen (secondary N) is 1. The highest BCUT2D eigenvalue weighted by Crippen LogP contribution is 2.30. The van der Waals surface area contributed by atoms with Crippen molar-refractivity contribution < 1.29 is 5.11 Å². The molecule has 0 spiro atoms. The van der Waals surface area contributed by atoms with E-state index in [1.807, 2.05) is 18.2 Å². The Bertz CT molecular complexity index is 308. The molecule has 13 heavy (non-hydrogen) atoms. The predicted octanol–water partition coefficient (Wildman–Crippen LogP) is 2.58. The molecule has 0 radical (unpaired) electrons. The third-order valence-electron chi connectivity index (χ3n) is 2.43. The molecule has 2 rings (SSSR count). The molecule has 1 aliphatic rings. The van der Waals surface area contributed by atoms with Crippen molar-refractivity contribution in [3.05, 3.63) is 28.2 Å². The van der Waals surface area contributed by atoms with Crippen LogP contribution in [-0.4, -0.2) is 11.7 Å². The number of benzene rings is 1. The quantitative estimate of drug-likeness (QED) is 0.793. The number of aromatic hydroxyl groups is 1. The van der Waals surface area contributed by atoms with Crippen LogP contribution in [-0.2, 0) is 0 Å². The Labute approximate surface area is 86.1 Å². The van der Waals surface area contributed by atoms with E-state index in [1.54, 1.807) is 0 Å². The summed E-state index contributed by atoms with van der Waals surface area (Å²) in [4.78, 5) is 0.